The van der Waals surface area contributed by atoms with Crippen LogP contribution in [0.2, 0.25) is 0 Å². The van der Waals surface area contributed by atoms with E-state index in [9.17, 15) is 0 Å². The van der Waals surface area contributed by atoms with Gasteiger partial charge >= 0.3 is 0 Å². The van der Waals surface area contributed by atoms with Gasteiger partial charge in [0.2, 0.25) is 0 Å². The molecular weight excluding hydrogens is 200 g/mol. The summed E-state index contributed by atoms with van der Waals surface area (Å²) >= 11 is 0. The largest absolute Gasteiger partial charge is 0.479 e. The van der Waals surface area contributed by atoms with Gasteiger partial charge in [0, 0.05) is 6.54 Å². The zero-order chi connectivity index (χ0) is 11.6. The maximum atomic E-state index is 8.36. The molecule has 0 heterocycles. The predicted molar refractivity (Wildman–Crippen MR) is 64.1 cm³/mol. The van der Waals surface area contributed by atoms with Crippen molar-refractivity contribution >= 4 is 0 Å². The van der Waals surface area contributed by atoms with Crippen molar-refractivity contribution in [3.63, 3.8) is 0 Å². The van der Waals surface area contributed by atoms with Gasteiger partial charge in [-0.15, -0.1) is 6.58 Å². The lowest BCUT2D eigenvalue weighted by Crippen LogP contribution is -2.13. The highest BCUT2D eigenvalue weighted by molar-refractivity contribution is 5.27. The molecule has 16 heavy (non-hydrogen) atoms. The molecule has 84 valence electrons. The molecule has 0 amide bonds. The molecule has 1 N–H and O–H groups in total. The molecule has 0 atom stereocenters. The maximum absolute atomic E-state index is 8.36. The Labute approximate surface area is 96.4 Å². The van der Waals surface area contributed by atoms with Gasteiger partial charge in [0.15, 0.2) is 6.61 Å². The summed E-state index contributed by atoms with van der Waals surface area (Å²) in [7, 11) is 0. The van der Waals surface area contributed by atoms with Gasteiger partial charge in [0.1, 0.15) is 11.8 Å². The second kappa shape index (κ2) is 7.49. The van der Waals surface area contributed by atoms with Crippen LogP contribution in [0.5, 0.6) is 5.75 Å². The normalized spacial score (nSPS) is 9.44. The van der Waals surface area contributed by atoms with Crippen LogP contribution in [0.3, 0.4) is 0 Å². The minimum atomic E-state index is 0.0942. The van der Waals surface area contributed by atoms with Crippen LogP contribution in [-0.4, -0.2) is 13.2 Å². The lowest BCUT2D eigenvalue weighted by Gasteiger charge is -2.05. The maximum Gasteiger partial charge on any atom is 0.174 e. The summed E-state index contributed by atoms with van der Waals surface area (Å²) in [6.45, 7) is 5.54. The fraction of sp³-hybridized carbons (Fsp3) is 0.308. The first-order valence-electron chi connectivity index (χ1n) is 5.27. The second-order valence-electron chi connectivity index (χ2n) is 3.34. The average Bonchev–Trinajstić information content (AvgIpc) is 2.33. The number of rotatable bonds is 7. The molecule has 0 radical (unpaired) electrons. The van der Waals surface area contributed by atoms with Crippen LogP contribution in [0.25, 0.3) is 0 Å². The SMILES string of the molecule is C=CCCNCc1ccc(OCC#N)cc1. The molecule has 1 aromatic rings. The molecule has 0 aliphatic rings. The van der Waals surface area contributed by atoms with E-state index in [1.54, 1.807) is 0 Å². The summed E-state index contributed by atoms with van der Waals surface area (Å²) in [6, 6.07) is 9.68. The Kier molecular flexibility index (Phi) is 5.75. The average molecular weight is 216 g/mol. The van der Waals surface area contributed by atoms with Crippen LogP contribution in [0.15, 0.2) is 36.9 Å². The van der Waals surface area contributed by atoms with Gasteiger partial charge in [-0.1, -0.05) is 18.2 Å². The van der Waals surface area contributed by atoms with E-state index < -0.39 is 0 Å². The Balaban J connectivity index is 2.33. The van der Waals surface area contributed by atoms with E-state index in [1.165, 1.54) is 5.56 Å². The van der Waals surface area contributed by atoms with Crippen molar-refractivity contribution in [3.05, 3.63) is 42.5 Å². The van der Waals surface area contributed by atoms with E-state index >= 15 is 0 Å². The molecule has 0 aromatic heterocycles. The number of benzene rings is 1. The number of nitrogens with zero attached hydrogens (tertiary/aromatic N) is 1. The summed E-state index contributed by atoms with van der Waals surface area (Å²) < 4.78 is 5.16. The Morgan fingerprint density at radius 2 is 2.12 bits per heavy atom. The third-order valence-electron chi connectivity index (χ3n) is 2.08. The van der Waals surface area contributed by atoms with E-state index in [-0.39, 0.29) is 6.61 Å². The Morgan fingerprint density at radius 1 is 1.38 bits per heavy atom. The lowest BCUT2D eigenvalue weighted by atomic mass is 10.2. The standard InChI is InChI=1S/C13H16N2O/c1-2-3-9-15-11-12-4-6-13(7-5-12)16-10-8-14/h2,4-7,15H,1,3,9-11H2. The molecule has 1 rings (SSSR count). The van der Waals surface area contributed by atoms with Gasteiger partial charge in [0.25, 0.3) is 0 Å². The number of nitrogens with one attached hydrogen (secondary N) is 1. The predicted octanol–water partition coefficient (Wildman–Crippen LogP) is 2.25. The van der Waals surface area contributed by atoms with E-state index in [0.717, 1.165) is 25.3 Å². The molecule has 0 bridgehead atoms. The molecule has 0 aliphatic heterocycles. The second-order valence-corrected chi connectivity index (χ2v) is 3.34. The van der Waals surface area contributed by atoms with Crippen LogP contribution >= 0.6 is 0 Å². The highest BCUT2D eigenvalue weighted by Crippen LogP contribution is 2.11. The smallest absolute Gasteiger partial charge is 0.174 e. The summed E-state index contributed by atoms with van der Waals surface area (Å²) in [5, 5.41) is 11.7. The van der Waals surface area contributed by atoms with Crippen LogP contribution in [-0.2, 0) is 6.54 Å². The Morgan fingerprint density at radius 3 is 2.75 bits per heavy atom. The molecular formula is C13H16N2O. The van der Waals surface area contributed by atoms with Crippen LogP contribution in [0, 0.1) is 11.3 Å². The lowest BCUT2D eigenvalue weighted by molar-refractivity contribution is 0.368. The van der Waals surface area contributed by atoms with Crippen molar-refractivity contribution in [2.45, 2.75) is 13.0 Å². The van der Waals surface area contributed by atoms with E-state index in [4.69, 9.17) is 10.00 Å². The first-order chi connectivity index (χ1) is 7.86. The molecule has 0 saturated heterocycles. The Hall–Kier alpha value is -1.79. The summed E-state index contributed by atoms with van der Waals surface area (Å²) in [6.07, 6.45) is 2.87. The van der Waals surface area contributed by atoms with Crippen molar-refractivity contribution < 1.29 is 4.74 Å². The molecule has 0 spiro atoms. The van der Waals surface area contributed by atoms with Crippen molar-refractivity contribution in [3.8, 4) is 11.8 Å². The minimum absolute atomic E-state index is 0.0942. The van der Waals surface area contributed by atoms with Crippen LogP contribution < -0.4 is 10.1 Å². The minimum Gasteiger partial charge on any atom is -0.479 e. The zero-order valence-electron chi connectivity index (χ0n) is 9.28. The molecule has 0 aliphatic carbocycles. The topological polar surface area (TPSA) is 45.0 Å². The van der Waals surface area contributed by atoms with Crippen LogP contribution in [0.1, 0.15) is 12.0 Å². The quantitative estimate of drug-likeness (QED) is 0.561. The zero-order valence-corrected chi connectivity index (χ0v) is 9.28. The molecule has 3 nitrogen and oxygen atoms in total. The van der Waals surface area contributed by atoms with Gasteiger partial charge in [0.05, 0.1) is 0 Å². The van der Waals surface area contributed by atoms with Crippen molar-refractivity contribution in [2.24, 2.45) is 0 Å². The highest BCUT2D eigenvalue weighted by atomic mass is 16.5. The fourth-order valence-corrected chi connectivity index (χ4v) is 1.26. The van der Waals surface area contributed by atoms with Crippen molar-refractivity contribution in [1.82, 2.24) is 5.32 Å². The van der Waals surface area contributed by atoms with Crippen LogP contribution in [0.4, 0.5) is 0 Å². The van der Waals surface area contributed by atoms with Crippen molar-refractivity contribution in [1.29, 1.82) is 5.26 Å². The third-order valence-corrected chi connectivity index (χ3v) is 2.08. The number of hydrogen-bond donors (Lipinski definition) is 1. The fourth-order valence-electron chi connectivity index (χ4n) is 1.26. The van der Waals surface area contributed by atoms with Gasteiger partial charge < -0.3 is 10.1 Å². The van der Waals surface area contributed by atoms with Crippen molar-refractivity contribution in [2.75, 3.05) is 13.2 Å². The number of hydrogen-bond acceptors (Lipinski definition) is 3. The summed E-state index contributed by atoms with van der Waals surface area (Å²) in [5.41, 5.74) is 1.20. The van der Waals surface area contributed by atoms with Gasteiger partial charge in [-0.25, -0.2) is 0 Å². The van der Waals surface area contributed by atoms with Gasteiger partial charge in [-0.3, -0.25) is 0 Å². The first kappa shape index (κ1) is 12.3. The molecule has 1 aromatic carbocycles. The summed E-state index contributed by atoms with van der Waals surface area (Å²) in [4.78, 5) is 0. The molecule has 0 unspecified atom stereocenters. The molecule has 3 heteroatoms. The van der Waals surface area contributed by atoms with E-state index in [2.05, 4.69) is 11.9 Å². The van der Waals surface area contributed by atoms with E-state index in [0.29, 0.717) is 0 Å². The molecule has 0 fully saturated rings. The highest BCUT2D eigenvalue weighted by Gasteiger charge is 1.94. The monoisotopic (exact) mass is 216 g/mol. The van der Waals surface area contributed by atoms with Gasteiger partial charge in [-0.05, 0) is 30.7 Å². The Bertz CT molecular complexity index is 351. The number of nitriles is 1. The molecule has 0 saturated carbocycles. The summed E-state index contributed by atoms with van der Waals surface area (Å²) in [5.74, 6) is 0.733. The number of ether oxygens (including phenoxy) is 1. The third kappa shape index (κ3) is 4.63. The van der Waals surface area contributed by atoms with E-state index in [1.807, 2.05) is 36.4 Å². The van der Waals surface area contributed by atoms with Gasteiger partial charge in [-0.2, -0.15) is 5.26 Å². The first-order valence-corrected chi connectivity index (χ1v) is 5.27.